The number of hydrogen-bond acceptors (Lipinski definition) is 3. The van der Waals surface area contributed by atoms with Crippen LogP contribution in [0.15, 0.2) is 35.3 Å². The molecule has 0 spiro atoms. The van der Waals surface area contributed by atoms with Gasteiger partial charge >= 0.3 is 0 Å². The Bertz CT molecular complexity index is 621. The van der Waals surface area contributed by atoms with Crippen molar-refractivity contribution >= 4 is 41.8 Å². The van der Waals surface area contributed by atoms with Crippen LogP contribution in [-0.2, 0) is 16.1 Å². The molecule has 1 rings (SSSR count). The van der Waals surface area contributed by atoms with Gasteiger partial charge in [-0.15, -0.1) is 24.0 Å². The molecule has 0 fully saturated rings. The number of halogens is 1. The molecule has 0 aliphatic heterocycles. The number of guanidine groups is 1. The summed E-state index contributed by atoms with van der Waals surface area (Å²) in [5.74, 6) is 0.819. The van der Waals surface area contributed by atoms with Crippen LogP contribution in [-0.4, -0.2) is 67.3 Å². The first kappa shape index (κ1) is 27.2. The average molecular weight is 517 g/mol. The monoisotopic (exact) mass is 517 g/mol. The molecule has 1 aromatic carbocycles. The SMILES string of the molecule is CCNC(=NCCC(=O)N(C)Cc1ccccc1)NCCC(=O)N(CC)CC.I. The molecule has 29 heavy (non-hydrogen) atoms. The zero-order valence-corrected chi connectivity index (χ0v) is 20.4. The highest BCUT2D eigenvalue weighted by Gasteiger charge is 2.10. The van der Waals surface area contributed by atoms with Gasteiger partial charge in [-0.25, -0.2) is 0 Å². The van der Waals surface area contributed by atoms with Crippen molar-refractivity contribution < 1.29 is 9.59 Å². The number of benzene rings is 1. The van der Waals surface area contributed by atoms with Gasteiger partial charge < -0.3 is 20.4 Å². The Morgan fingerprint density at radius 1 is 0.966 bits per heavy atom. The third-order valence-corrected chi connectivity index (χ3v) is 4.38. The number of nitrogens with zero attached hydrogens (tertiary/aromatic N) is 3. The molecule has 0 aliphatic rings. The molecular formula is C21H36IN5O2. The van der Waals surface area contributed by atoms with E-state index in [4.69, 9.17) is 0 Å². The van der Waals surface area contributed by atoms with Crippen molar-refractivity contribution in [2.45, 2.75) is 40.2 Å². The first-order valence-corrected chi connectivity index (χ1v) is 10.1. The maximum atomic E-state index is 12.3. The average Bonchev–Trinajstić information content (AvgIpc) is 2.69. The molecule has 2 N–H and O–H groups in total. The molecule has 2 amide bonds. The number of nitrogens with one attached hydrogen (secondary N) is 2. The minimum absolute atomic E-state index is 0. The number of aliphatic imine (C=N–C) groups is 1. The second kappa shape index (κ2) is 16.0. The molecular weight excluding hydrogens is 481 g/mol. The van der Waals surface area contributed by atoms with Crippen molar-refractivity contribution in [3.05, 3.63) is 35.9 Å². The fraction of sp³-hybridized carbons (Fsp3) is 0.571. The third kappa shape index (κ3) is 11.1. The highest BCUT2D eigenvalue weighted by molar-refractivity contribution is 14.0. The lowest BCUT2D eigenvalue weighted by molar-refractivity contribution is -0.131. The lowest BCUT2D eigenvalue weighted by Crippen LogP contribution is -2.40. The maximum Gasteiger partial charge on any atom is 0.224 e. The number of carbonyl (C=O) groups excluding carboxylic acids is 2. The van der Waals surface area contributed by atoms with E-state index in [0.29, 0.717) is 38.4 Å². The van der Waals surface area contributed by atoms with Gasteiger partial charge in [0.1, 0.15) is 0 Å². The van der Waals surface area contributed by atoms with E-state index in [9.17, 15) is 9.59 Å². The highest BCUT2D eigenvalue weighted by Crippen LogP contribution is 2.04. The second-order valence-electron chi connectivity index (χ2n) is 6.49. The van der Waals surface area contributed by atoms with Crippen molar-refractivity contribution in [1.29, 1.82) is 0 Å². The Kier molecular flexibility index (Phi) is 15.0. The van der Waals surface area contributed by atoms with E-state index in [-0.39, 0.29) is 35.8 Å². The second-order valence-corrected chi connectivity index (χ2v) is 6.49. The van der Waals surface area contributed by atoms with Crippen LogP contribution in [0.1, 0.15) is 39.2 Å². The maximum absolute atomic E-state index is 12.3. The van der Waals surface area contributed by atoms with Crippen LogP contribution in [0.25, 0.3) is 0 Å². The van der Waals surface area contributed by atoms with Gasteiger partial charge in [-0.3, -0.25) is 14.6 Å². The number of hydrogen-bond donors (Lipinski definition) is 2. The molecule has 8 heteroatoms. The number of carbonyl (C=O) groups is 2. The van der Waals surface area contributed by atoms with E-state index in [0.717, 1.165) is 25.2 Å². The summed E-state index contributed by atoms with van der Waals surface area (Å²) in [4.78, 5) is 32.3. The summed E-state index contributed by atoms with van der Waals surface area (Å²) in [6.07, 6.45) is 0.767. The Balaban J connectivity index is 0.00000784. The van der Waals surface area contributed by atoms with Gasteiger partial charge in [0.15, 0.2) is 5.96 Å². The van der Waals surface area contributed by atoms with Crippen molar-refractivity contribution in [1.82, 2.24) is 20.4 Å². The van der Waals surface area contributed by atoms with Crippen molar-refractivity contribution in [2.24, 2.45) is 4.99 Å². The van der Waals surface area contributed by atoms with Crippen LogP contribution >= 0.6 is 24.0 Å². The smallest absolute Gasteiger partial charge is 0.224 e. The molecule has 0 radical (unpaired) electrons. The van der Waals surface area contributed by atoms with Gasteiger partial charge in [0.05, 0.1) is 6.54 Å². The number of rotatable bonds is 11. The van der Waals surface area contributed by atoms with Gasteiger partial charge in [-0.1, -0.05) is 30.3 Å². The molecule has 0 aliphatic carbocycles. The molecule has 164 valence electrons. The molecule has 7 nitrogen and oxygen atoms in total. The fourth-order valence-corrected chi connectivity index (χ4v) is 2.76. The summed E-state index contributed by atoms with van der Waals surface area (Å²) < 4.78 is 0. The van der Waals surface area contributed by atoms with Gasteiger partial charge in [-0.05, 0) is 26.3 Å². The molecule has 0 saturated carbocycles. The van der Waals surface area contributed by atoms with E-state index >= 15 is 0 Å². The van der Waals surface area contributed by atoms with E-state index in [1.807, 2.05) is 56.0 Å². The molecule has 0 heterocycles. The Labute approximate surface area is 192 Å². The van der Waals surface area contributed by atoms with Crippen LogP contribution < -0.4 is 10.6 Å². The summed E-state index contributed by atoms with van der Waals surface area (Å²) in [7, 11) is 1.81. The predicted molar refractivity (Wildman–Crippen MR) is 129 cm³/mol. The fourth-order valence-electron chi connectivity index (χ4n) is 2.76. The Morgan fingerprint density at radius 3 is 2.21 bits per heavy atom. The van der Waals surface area contributed by atoms with Crippen molar-refractivity contribution in [3.8, 4) is 0 Å². The van der Waals surface area contributed by atoms with E-state index < -0.39 is 0 Å². The molecule has 0 unspecified atom stereocenters. The minimum Gasteiger partial charge on any atom is -0.357 e. The molecule has 0 atom stereocenters. The lowest BCUT2D eigenvalue weighted by atomic mass is 10.2. The largest absolute Gasteiger partial charge is 0.357 e. The summed E-state index contributed by atoms with van der Waals surface area (Å²) in [6, 6.07) is 9.92. The summed E-state index contributed by atoms with van der Waals surface area (Å²) in [6.45, 7) is 9.62. The molecule has 1 aromatic rings. The van der Waals surface area contributed by atoms with Gasteiger partial charge in [0.2, 0.25) is 11.8 Å². The number of amides is 2. The summed E-state index contributed by atoms with van der Waals surface area (Å²) in [5.41, 5.74) is 1.11. The van der Waals surface area contributed by atoms with Crippen LogP contribution in [0, 0.1) is 0 Å². The first-order chi connectivity index (χ1) is 13.5. The zero-order chi connectivity index (χ0) is 20.8. The molecule has 0 aromatic heterocycles. The van der Waals surface area contributed by atoms with Crippen LogP contribution in [0.4, 0.5) is 0 Å². The van der Waals surface area contributed by atoms with Crippen LogP contribution in [0.5, 0.6) is 0 Å². The van der Waals surface area contributed by atoms with Crippen LogP contribution in [0.3, 0.4) is 0 Å². The van der Waals surface area contributed by atoms with Crippen LogP contribution in [0.2, 0.25) is 0 Å². The summed E-state index contributed by atoms with van der Waals surface area (Å²) in [5, 5.41) is 6.31. The minimum atomic E-state index is 0. The summed E-state index contributed by atoms with van der Waals surface area (Å²) >= 11 is 0. The topological polar surface area (TPSA) is 77.0 Å². The normalized spacial score (nSPS) is 10.7. The van der Waals surface area contributed by atoms with E-state index in [2.05, 4.69) is 15.6 Å². The van der Waals surface area contributed by atoms with Gasteiger partial charge in [0, 0.05) is 52.6 Å². The van der Waals surface area contributed by atoms with Gasteiger partial charge in [-0.2, -0.15) is 0 Å². The quantitative estimate of drug-likeness (QED) is 0.269. The molecule has 0 bridgehead atoms. The molecule has 0 saturated heterocycles. The Morgan fingerprint density at radius 2 is 1.62 bits per heavy atom. The highest BCUT2D eigenvalue weighted by atomic mass is 127. The predicted octanol–water partition coefficient (Wildman–Crippen LogP) is 2.47. The lowest BCUT2D eigenvalue weighted by Gasteiger charge is -2.19. The Hall–Kier alpha value is -1.84. The van der Waals surface area contributed by atoms with E-state index in [1.165, 1.54) is 0 Å². The van der Waals surface area contributed by atoms with Crippen molar-refractivity contribution in [2.75, 3.05) is 39.8 Å². The third-order valence-electron chi connectivity index (χ3n) is 4.38. The standard InChI is InChI=1S/C21H35N5O2.HI/c1-5-22-21(24-16-14-20(28)26(6-2)7-3)23-15-13-19(27)25(4)17-18-11-9-8-10-12-18;/h8-12H,5-7,13-17H2,1-4H3,(H2,22,23,24);1H. The van der Waals surface area contributed by atoms with Crippen molar-refractivity contribution in [3.63, 3.8) is 0 Å². The van der Waals surface area contributed by atoms with E-state index in [1.54, 1.807) is 11.9 Å². The first-order valence-electron chi connectivity index (χ1n) is 10.1. The van der Waals surface area contributed by atoms with Gasteiger partial charge in [0.25, 0.3) is 0 Å². The zero-order valence-electron chi connectivity index (χ0n) is 18.1.